The van der Waals surface area contributed by atoms with Crippen molar-refractivity contribution in [2.24, 2.45) is 11.8 Å². The number of hydrogen-bond donors (Lipinski definition) is 3. The topological polar surface area (TPSA) is 70.2 Å². The second kappa shape index (κ2) is 8.91. The van der Waals surface area contributed by atoms with Crippen LogP contribution in [0.5, 0.6) is 0 Å². The zero-order chi connectivity index (χ0) is 15.0. The quantitative estimate of drug-likeness (QED) is 0.614. The van der Waals surface area contributed by atoms with Crippen LogP contribution in [0, 0.1) is 11.8 Å². The van der Waals surface area contributed by atoms with Crippen molar-refractivity contribution in [2.45, 2.75) is 53.6 Å². The van der Waals surface area contributed by atoms with Gasteiger partial charge in [0.05, 0.1) is 12.6 Å². The minimum absolute atomic E-state index is 0.0709. The van der Waals surface area contributed by atoms with Crippen molar-refractivity contribution in [3.8, 4) is 0 Å². The van der Waals surface area contributed by atoms with Crippen LogP contribution in [-0.2, 0) is 9.59 Å². The van der Waals surface area contributed by atoms with Crippen molar-refractivity contribution in [1.82, 2.24) is 16.0 Å². The molecule has 5 nitrogen and oxygen atoms in total. The molecule has 0 saturated heterocycles. The maximum atomic E-state index is 11.7. The minimum Gasteiger partial charge on any atom is -0.354 e. The number of hydrogen-bond acceptors (Lipinski definition) is 3. The number of amides is 2. The first-order valence-electron chi connectivity index (χ1n) is 7.04. The van der Waals surface area contributed by atoms with Crippen LogP contribution >= 0.6 is 0 Å². The van der Waals surface area contributed by atoms with E-state index in [0.29, 0.717) is 18.4 Å². The van der Waals surface area contributed by atoms with Crippen LogP contribution in [0.1, 0.15) is 41.5 Å². The highest BCUT2D eigenvalue weighted by Gasteiger charge is 2.15. The summed E-state index contributed by atoms with van der Waals surface area (Å²) in [4.78, 5) is 23.3. The molecule has 0 radical (unpaired) electrons. The van der Waals surface area contributed by atoms with E-state index >= 15 is 0 Å². The smallest absolute Gasteiger partial charge is 0.236 e. The fourth-order valence-corrected chi connectivity index (χ4v) is 1.27. The Balaban J connectivity index is 3.92. The second-order valence-electron chi connectivity index (χ2n) is 5.84. The maximum Gasteiger partial charge on any atom is 0.236 e. The van der Waals surface area contributed by atoms with Gasteiger partial charge in [0, 0.05) is 12.6 Å². The molecule has 0 aliphatic rings. The normalized spacial score (nSPS) is 14.3. The Morgan fingerprint density at radius 3 is 2.05 bits per heavy atom. The number of nitrogens with one attached hydrogen (secondary N) is 3. The van der Waals surface area contributed by atoms with Gasteiger partial charge in [0.25, 0.3) is 0 Å². The molecule has 2 unspecified atom stereocenters. The molecule has 0 fully saturated rings. The molecule has 0 aromatic heterocycles. The van der Waals surface area contributed by atoms with Crippen molar-refractivity contribution in [2.75, 3.05) is 13.1 Å². The molecular formula is C14H29N3O2. The van der Waals surface area contributed by atoms with E-state index in [9.17, 15) is 9.59 Å². The maximum absolute atomic E-state index is 11.7. The SMILES string of the molecule is CC(C)CNC(=O)C(C)NCC(=O)NC(C)C(C)C. The Morgan fingerprint density at radius 1 is 1.00 bits per heavy atom. The lowest BCUT2D eigenvalue weighted by Gasteiger charge is -2.19. The lowest BCUT2D eigenvalue weighted by Crippen LogP contribution is -2.48. The average Bonchev–Trinajstić information content (AvgIpc) is 2.32. The van der Waals surface area contributed by atoms with E-state index < -0.39 is 0 Å². The fraction of sp³-hybridized carbons (Fsp3) is 0.857. The van der Waals surface area contributed by atoms with Crippen LogP contribution in [0.15, 0.2) is 0 Å². The molecule has 112 valence electrons. The summed E-state index contributed by atoms with van der Waals surface area (Å²) in [5.74, 6) is 0.671. The van der Waals surface area contributed by atoms with E-state index in [0.717, 1.165) is 0 Å². The minimum atomic E-state index is -0.362. The van der Waals surface area contributed by atoms with Crippen LogP contribution < -0.4 is 16.0 Å². The molecule has 5 heteroatoms. The molecule has 0 heterocycles. The van der Waals surface area contributed by atoms with Gasteiger partial charge in [-0.3, -0.25) is 14.9 Å². The van der Waals surface area contributed by atoms with Gasteiger partial charge in [-0.1, -0.05) is 27.7 Å². The molecule has 19 heavy (non-hydrogen) atoms. The lowest BCUT2D eigenvalue weighted by molar-refractivity contribution is -0.123. The van der Waals surface area contributed by atoms with Gasteiger partial charge in [0.2, 0.25) is 11.8 Å². The molecule has 2 atom stereocenters. The molecule has 0 aromatic rings. The summed E-state index contributed by atoms with van der Waals surface area (Å²) in [7, 11) is 0. The number of carbonyl (C=O) groups excluding carboxylic acids is 2. The van der Waals surface area contributed by atoms with Gasteiger partial charge in [0.15, 0.2) is 0 Å². The summed E-state index contributed by atoms with van der Waals surface area (Å²) < 4.78 is 0. The third kappa shape index (κ3) is 8.59. The van der Waals surface area contributed by atoms with Gasteiger partial charge in [0.1, 0.15) is 0 Å². The third-order valence-corrected chi connectivity index (χ3v) is 3.04. The molecule has 0 saturated carbocycles. The van der Waals surface area contributed by atoms with Crippen molar-refractivity contribution in [3.05, 3.63) is 0 Å². The number of rotatable bonds is 8. The van der Waals surface area contributed by atoms with Crippen LogP contribution in [0.4, 0.5) is 0 Å². The zero-order valence-electron chi connectivity index (χ0n) is 13.0. The van der Waals surface area contributed by atoms with E-state index in [1.165, 1.54) is 0 Å². The van der Waals surface area contributed by atoms with E-state index in [-0.39, 0.29) is 30.4 Å². The highest BCUT2D eigenvalue weighted by atomic mass is 16.2. The van der Waals surface area contributed by atoms with E-state index in [4.69, 9.17) is 0 Å². The first-order chi connectivity index (χ1) is 8.73. The first kappa shape index (κ1) is 17.9. The van der Waals surface area contributed by atoms with Gasteiger partial charge < -0.3 is 10.6 Å². The van der Waals surface area contributed by atoms with Crippen LogP contribution in [0.25, 0.3) is 0 Å². The van der Waals surface area contributed by atoms with E-state index in [1.54, 1.807) is 6.92 Å². The molecule has 2 amide bonds. The van der Waals surface area contributed by atoms with Crippen molar-refractivity contribution < 1.29 is 9.59 Å². The van der Waals surface area contributed by atoms with Gasteiger partial charge in [-0.25, -0.2) is 0 Å². The summed E-state index contributed by atoms with van der Waals surface area (Å²) >= 11 is 0. The molecule has 0 aliphatic carbocycles. The second-order valence-corrected chi connectivity index (χ2v) is 5.84. The molecule has 3 N–H and O–H groups in total. The predicted octanol–water partition coefficient (Wildman–Crippen LogP) is 0.897. The van der Waals surface area contributed by atoms with Crippen molar-refractivity contribution in [1.29, 1.82) is 0 Å². The Labute approximate surface area is 116 Å². The van der Waals surface area contributed by atoms with E-state index in [2.05, 4.69) is 29.8 Å². The largest absolute Gasteiger partial charge is 0.354 e. The summed E-state index contributed by atoms with van der Waals surface area (Å²) in [5.41, 5.74) is 0. The van der Waals surface area contributed by atoms with Gasteiger partial charge in [-0.2, -0.15) is 0 Å². The first-order valence-corrected chi connectivity index (χ1v) is 7.04. The molecule has 0 rings (SSSR count). The van der Waals surface area contributed by atoms with Gasteiger partial charge in [-0.05, 0) is 25.7 Å². The van der Waals surface area contributed by atoms with Gasteiger partial charge >= 0.3 is 0 Å². The Kier molecular flexibility index (Phi) is 8.39. The lowest BCUT2D eigenvalue weighted by atomic mass is 10.1. The fourth-order valence-electron chi connectivity index (χ4n) is 1.27. The average molecular weight is 271 g/mol. The Hall–Kier alpha value is -1.10. The highest BCUT2D eigenvalue weighted by molar-refractivity contribution is 5.83. The van der Waals surface area contributed by atoms with Gasteiger partial charge in [-0.15, -0.1) is 0 Å². The van der Waals surface area contributed by atoms with Crippen LogP contribution in [-0.4, -0.2) is 37.0 Å². The summed E-state index contributed by atoms with van der Waals surface area (Å²) in [6.07, 6.45) is 0. The molecule has 0 aromatic carbocycles. The highest BCUT2D eigenvalue weighted by Crippen LogP contribution is 1.98. The van der Waals surface area contributed by atoms with Crippen molar-refractivity contribution >= 4 is 11.8 Å². The summed E-state index contributed by atoms with van der Waals surface area (Å²) in [5, 5.41) is 8.65. The Morgan fingerprint density at radius 2 is 1.58 bits per heavy atom. The molecule has 0 spiro atoms. The van der Waals surface area contributed by atoms with Crippen LogP contribution in [0.2, 0.25) is 0 Å². The Bertz CT molecular complexity index is 290. The molecular weight excluding hydrogens is 242 g/mol. The van der Waals surface area contributed by atoms with Crippen molar-refractivity contribution in [3.63, 3.8) is 0 Å². The monoisotopic (exact) mass is 271 g/mol. The number of carbonyl (C=O) groups is 2. The zero-order valence-corrected chi connectivity index (χ0v) is 13.0. The standard InChI is InChI=1S/C14H29N3O2/c1-9(2)7-16-14(19)12(6)15-8-13(18)17-11(5)10(3)4/h9-12,15H,7-8H2,1-6H3,(H,16,19)(H,17,18). The molecule has 0 bridgehead atoms. The molecule has 0 aliphatic heterocycles. The third-order valence-electron chi connectivity index (χ3n) is 3.04. The summed E-state index contributed by atoms with van der Waals surface area (Å²) in [6.45, 7) is 12.7. The predicted molar refractivity (Wildman–Crippen MR) is 77.8 cm³/mol. The van der Waals surface area contributed by atoms with E-state index in [1.807, 2.05) is 20.8 Å². The summed E-state index contributed by atoms with van der Waals surface area (Å²) in [6, 6.07) is -0.224. The van der Waals surface area contributed by atoms with Crippen LogP contribution in [0.3, 0.4) is 0 Å².